The lowest BCUT2D eigenvalue weighted by molar-refractivity contribution is -0.274. The number of nitrogens with zero attached hydrogens (tertiary/aromatic N) is 2. The number of halogens is 5. The third-order valence-corrected chi connectivity index (χ3v) is 4.27. The van der Waals surface area contributed by atoms with E-state index in [1.54, 1.807) is 0 Å². The number of alkyl halides is 3. The van der Waals surface area contributed by atoms with Crippen molar-refractivity contribution in [1.29, 1.82) is 0 Å². The number of fused-ring (bicyclic) bond motifs is 1. The molecule has 9 heteroatoms. The van der Waals surface area contributed by atoms with Crippen LogP contribution in [-0.4, -0.2) is 16.1 Å². The fourth-order valence-corrected chi connectivity index (χ4v) is 3.02. The first-order chi connectivity index (χ1) is 14.2. The zero-order valence-corrected chi connectivity index (χ0v) is 15.0. The Morgan fingerprint density at radius 1 is 0.833 bits per heavy atom. The second kappa shape index (κ2) is 7.25. The first-order valence-corrected chi connectivity index (χ1v) is 8.56. The maximum atomic E-state index is 13.8. The van der Waals surface area contributed by atoms with Crippen molar-refractivity contribution in [2.75, 3.05) is 0 Å². The number of ether oxygens (including phenoxy) is 1. The van der Waals surface area contributed by atoms with Crippen LogP contribution in [0.5, 0.6) is 5.75 Å². The topological polar surface area (TPSA) is 44.1 Å². The Morgan fingerprint density at radius 2 is 1.53 bits per heavy atom. The first kappa shape index (κ1) is 19.6. The van der Waals surface area contributed by atoms with E-state index in [0.717, 1.165) is 41.1 Å². The quantitative estimate of drug-likeness (QED) is 0.428. The second-order valence-electron chi connectivity index (χ2n) is 6.31. The average Bonchev–Trinajstić information content (AvgIpc) is 2.68. The molecule has 0 aliphatic carbocycles. The second-order valence-corrected chi connectivity index (χ2v) is 6.31. The number of benzene rings is 3. The van der Waals surface area contributed by atoms with E-state index in [0.29, 0.717) is 0 Å². The van der Waals surface area contributed by atoms with Gasteiger partial charge in [0.2, 0.25) is 0 Å². The lowest BCUT2D eigenvalue weighted by Gasteiger charge is -2.13. The lowest BCUT2D eigenvalue weighted by atomic mass is 10.0. The fourth-order valence-electron chi connectivity index (χ4n) is 3.02. The summed E-state index contributed by atoms with van der Waals surface area (Å²) in [6.07, 6.45) is -4.88. The molecule has 1 aromatic heterocycles. The van der Waals surface area contributed by atoms with Crippen LogP contribution in [0.2, 0.25) is 0 Å². The molecular weight excluding hydrogens is 407 g/mol. The predicted octanol–water partition coefficient (Wildman–Crippen LogP) is 5.23. The Hall–Kier alpha value is -3.75. The van der Waals surface area contributed by atoms with Crippen molar-refractivity contribution in [2.24, 2.45) is 0 Å². The zero-order valence-electron chi connectivity index (χ0n) is 15.0. The normalized spacial score (nSPS) is 11.6. The van der Waals surface area contributed by atoms with Crippen molar-refractivity contribution in [1.82, 2.24) is 9.78 Å². The molecule has 4 nitrogen and oxygen atoms in total. The lowest BCUT2D eigenvalue weighted by Crippen LogP contribution is -2.22. The SMILES string of the molecule is O=c1c2cc(F)ccc2c(-c2cccc(OC(F)(F)F)c2)nn1-c1ccc(F)cc1. The van der Waals surface area contributed by atoms with Crippen LogP contribution in [0, 0.1) is 11.6 Å². The first-order valence-electron chi connectivity index (χ1n) is 8.56. The Bertz CT molecular complexity index is 1300. The summed E-state index contributed by atoms with van der Waals surface area (Å²) >= 11 is 0. The highest BCUT2D eigenvalue weighted by molar-refractivity contribution is 5.94. The molecule has 0 aliphatic heterocycles. The molecule has 0 amide bonds. The molecule has 0 radical (unpaired) electrons. The summed E-state index contributed by atoms with van der Waals surface area (Å²) in [6, 6.07) is 13.4. The Balaban J connectivity index is 1.98. The van der Waals surface area contributed by atoms with Gasteiger partial charge in [-0.05, 0) is 54.6 Å². The summed E-state index contributed by atoms with van der Waals surface area (Å²) < 4.78 is 69.7. The van der Waals surface area contributed by atoms with Crippen LogP contribution in [-0.2, 0) is 0 Å². The van der Waals surface area contributed by atoms with E-state index < -0.39 is 29.3 Å². The Labute approximate surface area is 165 Å². The van der Waals surface area contributed by atoms with E-state index in [2.05, 4.69) is 9.84 Å². The molecule has 0 unspecified atom stereocenters. The fraction of sp³-hybridized carbons (Fsp3) is 0.0476. The van der Waals surface area contributed by atoms with Crippen molar-refractivity contribution in [3.8, 4) is 22.7 Å². The summed E-state index contributed by atoms with van der Waals surface area (Å²) in [7, 11) is 0. The smallest absolute Gasteiger partial charge is 0.406 e. The summed E-state index contributed by atoms with van der Waals surface area (Å²) in [5, 5.41) is 4.46. The van der Waals surface area contributed by atoms with Crippen molar-refractivity contribution < 1.29 is 26.7 Å². The predicted molar refractivity (Wildman–Crippen MR) is 99.4 cm³/mol. The van der Waals surface area contributed by atoms with E-state index in [4.69, 9.17) is 0 Å². The van der Waals surface area contributed by atoms with Crippen LogP contribution in [0.4, 0.5) is 22.0 Å². The molecule has 0 spiro atoms. The van der Waals surface area contributed by atoms with Gasteiger partial charge in [-0.2, -0.15) is 9.78 Å². The van der Waals surface area contributed by atoms with E-state index in [1.165, 1.54) is 30.3 Å². The molecule has 0 saturated heterocycles. The minimum atomic E-state index is -4.88. The van der Waals surface area contributed by atoms with Crippen molar-refractivity contribution in [2.45, 2.75) is 6.36 Å². The van der Waals surface area contributed by atoms with Crippen molar-refractivity contribution >= 4 is 10.8 Å². The monoisotopic (exact) mass is 418 g/mol. The Kier molecular flexibility index (Phi) is 4.73. The molecule has 0 atom stereocenters. The molecule has 3 aromatic carbocycles. The summed E-state index contributed by atoms with van der Waals surface area (Å²) in [4.78, 5) is 12.9. The van der Waals surface area contributed by atoms with Gasteiger partial charge in [0.25, 0.3) is 5.56 Å². The van der Waals surface area contributed by atoms with Gasteiger partial charge in [0.15, 0.2) is 0 Å². The van der Waals surface area contributed by atoms with E-state index in [1.807, 2.05) is 0 Å². The van der Waals surface area contributed by atoms with Gasteiger partial charge in [0, 0.05) is 10.9 Å². The Morgan fingerprint density at radius 3 is 2.23 bits per heavy atom. The summed E-state index contributed by atoms with van der Waals surface area (Å²) in [5.74, 6) is -1.68. The van der Waals surface area contributed by atoms with Crippen LogP contribution in [0.25, 0.3) is 27.7 Å². The molecule has 4 rings (SSSR count). The number of rotatable bonds is 3. The van der Waals surface area contributed by atoms with Crippen LogP contribution in [0.3, 0.4) is 0 Å². The molecule has 30 heavy (non-hydrogen) atoms. The minimum Gasteiger partial charge on any atom is -0.406 e. The largest absolute Gasteiger partial charge is 0.573 e. The molecule has 0 saturated carbocycles. The molecule has 0 N–H and O–H groups in total. The van der Waals surface area contributed by atoms with E-state index >= 15 is 0 Å². The van der Waals surface area contributed by atoms with E-state index in [9.17, 15) is 26.7 Å². The number of hydrogen-bond acceptors (Lipinski definition) is 3. The summed E-state index contributed by atoms with van der Waals surface area (Å²) in [6.45, 7) is 0. The average molecular weight is 418 g/mol. The number of aromatic nitrogens is 2. The molecule has 4 aromatic rings. The van der Waals surface area contributed by atoms with Gasteiger partial charge >= 0.3 is 6.36 Å². The zero-order chi connectivity index (χ0) is 21.5. The van der Waals surface area contributed by atoms with Crippen LogP contribution >= 0.6 is 0 Å². The van der Waals surface area contributed by atoms with Gasteiger partial charge in [0.05, 0.1) is 16.8 Å². The molecule has 0 bridgehead atoms. The number of hydrogen-bond donors (Lipinski definition) is 0. The van der Waals surface area contributed by atoms with Gasteiger partial charge in [-0.3, -0.25) is 4.79 Å². The van der Waals surface area contributed by atoms with E-state index in [-0.39, 0.29) is 27.7 Å². The molecule has 1 heterocycles. The highest BCUT2D eigenvalue weighted by atomic mass is 19.4. The van der Waals surface area contributed by atoms with Gasteiger partial charge in [-0.15, -0.1) is 13.2 Å². The van der Waals surface area contributed by atoms with Crippen molar-refractivity contribution in [3.05, 3.63) is 88.7 Å². The highest BCUT2D eigenvalue weighted by Crippen LogP contribution is 2.30. The highest BCUT2D eigenvalue weighted by Gasteiger charge is 2.31. The van der Waals surface area contributed by atoms with Gasteiger partial charge in [0.1, 0.15) is 17.4 Å². The van der Waals surface area contributed by atoms with Gasteiger partial charge < -0.3 is 4.74 Å². The molecular formula is C21H11F5N2O2. The van der Waals surface area contributed by atoms with Crippen LogP contribution in [0.1, 0.15) is 0 Å². The maximum Gasteiger partial charge on any atom is 0.573 e. The van der Waals surface area contributed by atoms with Gasteiger partial charge in [-0.1, -0.05) is 12.1 Å². The maximum absolute atomic E-state index is 13.8. The third kappa shape index (κ3) is 3.86. The third-order valence-electron chi connectivity index (χ3n) is 4.27. The van der Waals surface area contributed by atoms with Gasteiger partial charge in [-0.25, -0.2) is 8.78 Å². The summed E-state index contributed by atoms with van der Waals surface area (Å²) in [5.41, 5.74) is -0.121. The molecule has 0 aliphatic rings. The van der Waals surface area contributed by atoms with Crippen molar-refractivity contribution in [3.63, 3.8) is 0 Å². The molecule has 0 fully saturated rings. The van der Waals surface area contributed by atoms with Crippen LogP contribution in [0.15, 0.2) is 71.5 Å². The molecule has 152 valence electrons. The minimum absolute atomic E-state index is 0.0357. The van der Waals surface area contributed by atoms with Crippen LogP contribution < -0.4 is 10.3 Å². The standard InChI is InChI=1S/C21H11F5N2O2/c22-13-4-7-15(8-5-13)28-20(29)18-11-14(23)6-9-17(18)19(27-28)12-2-1-3-16(10-12)30-21(24,25)26/h1-11H.